The molecule has 3 amide bonds. The van der Waals surface area contributed by atoms with Crippen LogP contribution in [0.5, 0.6) is 5.75 Å². The first-order valence-electron chi connectivity index (χ1n) is 6.50. The fraction of sp³-hybridized carbons (Fsp3) is 0.231. The highest BCUT2D eigenvalue weighted by Gasteiger charge is 2.18. The van der Waals surface area contributed by atoms with Crippen molar-refractivity contribution in [3.63, 3.8) is 0 Å². The number of nitrogens with two attached hydrogens (primary N) is 1. The Labute approximate surface area is 140 Å². The quantitative estimate of drug-likeness (QED) is 0.679. The number of urea groups is 1. The topological polar surface area (TPSA) is 119 Å². The van der Waals surface area contributed by atoms with E-state index in [4.69, 9.17) is 10.5 Å². The number of para-hydroxylation sites is 2. The van der Waals surface area contributed by atoms with Crippen molar-refractivity contribution in [2.45, 2.75) is 16.5 Å². The number of hydrogen-bond acceptors (Lipinski definition) is 8. The molecule has 2 aromatic rings. The summed E-state index contributed by atoms with van der Waals surface area (Å²) in [7, 11) is 1.58. The number of ether oxygens (including phenoxy) is 1. The number of hydrogen-bond donors (Lipinski definition) is 3. The minimum atomic E-state index is -0.877. The van der Waals surface area contributed by atoms with Gasteiger partial charge >= 0.3 is 6.03 Å². The van der Waals surface area contributed by atoms with E-state index in [2.05, 4.69) is 15.5 Å². The van der Waals surface area contributed by atoms with E-state index in [9.17, 15) is 9.59 Å². The van der Waals surface area contributed by atoms with Gasteiger partial charge in [0.1, 0.15) is 5.75 Å². The van der Waals surface area contributed by atoms with Gasteiger partial charge in [-0.15, -0.1) is 10.2 Å². The summed E-state index contributed by atoms with van der Waals surface area (Å²) in [5.74, 6) is 0.211. The number of rotatable bonds is 6. The lowest BCUT2D eigenvalue weighted by Crippen LogP contribution is -2.39. The van der Waals surface area contributed by atoms with Crippen molar-refractivity contribution in [3.05, 3.63) is 24.3 Å². The van der Waals surface area contributed by atoms with Gasteiger partial charge in [0.2, 0.25) is 11.0 Å². The van der Waals surface area contributed by atoms with Crippen molar-refractivity contribution < 1.29 is 14.3 Å². The minimum absolute atomic E-state index is 0.475. The van der Waals surface area contributed by atoms with E-state index in [1.165, 1.54) is 23.1 Å². The molecule has 1 heterocycles. The lowest BCUT2D eigenvalue weighted by molar-refractivity contribution is -0.119. The number of carbonyl (C=O) groups excluding carboxylic acids is 2. The second-order valence-corrected chi connectivity index (χ2v) is 6.88. The zero-order valence-electron chi connectivity index (χ0n) is 12.4. The van der Waals surface area contributed by atoms with Crippen LogP contribution in [0.25, 0.3) is 0 Å². The Kier molecular flexibility index (Phi) is 5.77. The summed E-state index contributed by atoms with van der Waals surface area (Å²) >= 11 is 2.48. The average Bonchev–Trinajstić information content (AvgIpc) is 2.94. The summed E-state index contributed by atoms with van der Waals surface area (Å²) in [5.41, 5.74) is 5.68. The predicted molar refractivity (Wildman–Crippen MR) is 89.2 cm³/mol. The Morgan fingerprint density at radius 1 is 1.35 bits per heavy atom. The van der Waals surface area contributed by atoms with Crippen molar-refractivity contribution >= 4 is 45.9 Å². The van der Waals surface area contributed by atoms with Crippen LogP contribution in [0.2, 0.25) is 0 Å². The maximum Gasteiger partial charge on any atom is 0.318 e. The molecule has 1 atom stereocenters. The van der Waals surface area contributed by atoms with E-state index in [1.54, 1.807) is 14.0 Å². The molecule has 1 aromatic heterocycles. The fourth-order valence-corrected chi connectivity index (χ4v) is 3.51. The number of aromatic nitrogens is 2. The standard InChI is InChI=1S/C13H15N5O3S2/c1-7(10(19)16-11(14)20)22-13-18-17-12(23-13)15-8-5-3-4-6-9(8)21-2/h3-7H,1-2H3,(H,15,17)(H3,14,16,19,20). The molecule has 122 valence electrons. The van der Waals surface area contributed by atoms with Gasteiger partial charge in [-0.1, -0.05) is 35.2 Å². The molecule has 8 nitrogen and oxygen atoms in total. The number of anilines is 2. The molecular formula is C13H15N5O3S2. The van der Waals surface area contributed by atoms with Crippen LogP contribution < -0.4 is 21.1 Å². The van der Waals surface area contributed by atoms with Gasteiger partial charge in [-0.05, 0) is 19.1 Å². The van der Waals surface area contributed by atoms with Gasteiger partial charge in [-0.25, -0.2) is 4.79 Å². The first-order chi connectivity index (χ1) is 11.0. The summed E-state index contributed by atoms with van der Waals surface area (Å²) in [6.07, 6.45) is 0. The highest BCUT2D eigenvalue weighted by Crippen LogP contribution is 2.32. The van der Waals surface area contributed by atoms with Crippen LogP contribution >= 0.6 is 23.1 Å². The summed E-state index contributed by atoms with van der Waals surface area (Å²) in [6, 6.07) is 6.55. The Morgan fingerprint density at radius 2 is 2.09 bits per heavy atom. The third-order valence-electron chi connectivity index (χ3n) is 2.65. The largest absolute Gasteiger partial charge is 0.495 e. The van der Waals surface area contributed by atoms with E-state index in [0.717, 1.165) is 5.69 Å². The highest BCUT2D eigenvalue weighted by atomic mass is 32.2. The van der Waals surface area contributed by atoms with Crippen LogP contribution in [-0.2, 0) is 4.79 Å². The van der Waals surface area contributed by atoms with Gasteiger partial charge in [0, 0.05) is 0 Å². The number of carbonyl (C=O) groups is 2. The van der Waals surface area contributed by atoms with Crippen molar-refractivity contribution in [2.24, 2.45) is 5.73 Å². The molecule has 0 bridgehead atoms. The Balaban J connectivity index is 2.00. The van der Waals surface area contributed by atoms with E-state index >= 15 is 0 Å². The predicted octanol–water partition coefficient (Wildman–Crippen LogP) is 1.97. The molecule has 23 heavy (non-hydrogen) atoms. The second kappa shape index (κ2) is 7.79. The molecular weight excluding hydrogens is 338 g/mol. The molecule has 0 fully saturated rings. The van der Waals surface area contributed by atoms with E-state index < -0.39 is 17.2 Å². The normalized spacial score (nSPS) is 11.6. The number of methoxy groups -OCH3 is 1. The number of imide groups is 1. The summed E-state index contributed by atoms with van der Waals surface area (Å²) in [6.45, 7) is 1.65. The van der Waals surface area contributed by atoms with Crippen molar-refractivity contribution in [3.8, 4) is 5.75 Å². The van der Waals surface area contributed by atoms with Crippen LogP contribution in [-0.4, -0.2) is 34.5 Å². The van der Waals surface area contributed by atoms with Gasteiger partial charge in [-0.2, -0.15) is 0 Å². The van der Waals surface area contributed by atoms with E-state index in [1.807, 2.05) is 29.6 Å². The van der Waals surface area contributed by atoms with Crippen LogP contribution in [0.15, 0.2) is 28.6 Å². The zero-order valence-corrected chi connectivity index (χ0v) is 14.0. The third-order valence-corrected chi connectivity index (χ3v) is 4.67. The average molecular weight is 353 g/mol. The number of primary amides is 1. The lowest BCUT2D eigenvalue weighted by Gasteiger charge is -2.08. The van der Waals surface area contributed by atoms with Crippen LogP contribution in [0.3, 0.4) is 0 Å². The van der Waals surface area contributed by atoms with Gasteiger partial charge in [0.15, 0.2) is 4.34 Å². The molecule has 0 radical (unpaired) electrons. The molecule has 1 aromatic carbocycles. The van der Waals surface area contributed by atoms with E-state index in [0.29, 0.717) is 15.2 Å². The summed E-state index contributed by atoms with van der Waals surface area (Å²) < 4.78 is 5.84. The summed E-state index contributed by atoms with van der Waals surface area (Å²) in [5, 5.41) is 13.2. The molecule has 0 aliphatic rings. The number of amides is 3. The molecule has 4 N–H and O–H groups in total. The van der Waals surface area contributed by atoms with Crippen molar-refractivity contribution in [2.75, 3.05) is 12.4 Å². The Bertz CT molecular complexity index is 706. The van der Waals surface area contributed by atoms with Crippen LogP contribution in [0, 0.1) is 0 Å². The van der Waals surface area contributed by atoms with Crippen molar-refractivity contribution in [1.29, 1.82) is 0 Å². The van der Waals surface area contributed by atoms with Crippen LogP contribution in [0.1, 0.15) is 6.92 Å². The van der Waals surface area contributed by atoms with Crippen molar-refractivity contribution in [1.82, 2.24) is 15.5 Å². The highest BCUT2D eigenvalue weighted by molar-refractivity contribution is 8.02. The minimum Gasteiger partial charge on any atom is -0.495 e. The molecule has 0 saturated carbocycles. The lowest BCUT2D eigenvalue weighted by atomic mass is 10.3. The maximum atomic E-state index is 11.6. The molecule has 0 aliphatic heterocycles. The molecule has 0 aliphatic carbocycles. The van der Waals surface area contributed by atoms with Gasteiger partial charge < -0.3 is 15.8 Å². The molecule has 0 spiro atoms. The number of thioether (sulfide) groups is 1. The first-order valence-corrected chi connectivity index (χ1v) is 8.19. The van der Waals surface area contributed by atoms with Crippen LogP contribution in [0.4, 0.5) is 15.6 Å². The molecule has 0 saturated heterocycles. The van der Waals surface area contributed by atoms with E-state index in [-0.39, 0.29) is 0 Å². The molecule has 10 heteroatoms. The SMILES string of the molecule is COc1ccccc1Nc1nnc(SC(C)C(=O)NC(N)=O)s1. The second-order valence-electron chi connectivity index (χ2n) is 4.31. The smallest absolute Gasteiger partial charge is 0.318 e. The molecule has 1 unspecified atom stereocenters. The zero-order chi connectivity index (χ0) is 16.8. The first kappa shape index (κ1) is 17.0. The number of nitrogens with zero attached hydrogens (tertiary/aromatic N) is 2. The Hall–Kier alpha value is -2.33. The van der Waals surface area contributed by atoms with Gasteiger partial charge in [-0.3, -0.25) is 10.1 Å². The third kappa shape index (κ3) is 4.83. The van der Waals surface area contributed by atoms with Gasteiger partial charge in [0.25, 0.3) is 0 Å². The monoisotopic (exact) mass is 353 g/mol. The van der Waals surface area contributed by atoms with Gasteiger partial charge in [0.05, 0.1) is 18.0 Å². The fourth-order valence-electron chi connectivity index (χ4n) is 1.60. The number of benzene rings is 1. The molecule has 2 rings (SSSR count). The summed E-state index contributed by atoms with van der Waals surface area (Å²) in [4.78, 5) is 22.3. The Morgan fingerprint density at radius 3 is 2.78 bits per heavy atom. The maximum absolute atomic E-state index is 11.6. The number of nitrogens with one attached hydrogen (secondary N) is 2.